The van der Waals surface area contributed by atoms with Gasteiger partial charge in [-0.25, -0.2) is 14.4 Å². The van der Waals surface area contributed by atoms with Gasteiger partial charge in [-0.2, -0.15) is 0 Å². The highest BCUT2D eigenvalue weighted by atomic mass is 35.5. The maximum Gasteiger partial charge on any atom is 0.253 e. The van der Waals surface area contributed by atoms with Crippen molar-refractivity contribution < 1.29 is 9.18 Å². The van der Waals surface area contributed by atoms with Crippen LogP contribution in [-0.4, -0.2) is 73.1 Å². The summed E-state index contributed by atoms with van der Waals surface area (Å²) in [6, 6.07) is 24.2. The van der Waals surface area contributed by atoms with Crippen LogP contribution in [0.4, 0.5) is 21.6 Å². The predicted octanol–water partition coefficient (Wildman–Crippen LogP) is 6.50. The molecule has 222 valence electrons. The van der Waals surface area contributed by atoms with E-state index in [-0.39, 0.29) is 11.7 Å². The summed E-state index contributed by atoms with van der Waals surface area (Å²) in [6.07, 6.45) is 0. The minimum Gasteiger partial charge on any atom is -0.367 e. The highest BCUT2D eigenvalue weighted by molar-refractivity contribution is 7.98. The molecule has 3 heterocycles. The zero-order chi connectivity index (χ0) is 29.8. The van der Waals surface area contributed by atoms with Crippen LogP contribution in [-0.2, 0) is 5.75 Å². The first kappa shape index (κ1) is 29.5. The molecular weight excluding hydrogens is 606 g/mol. The Hall–Kier alpha value is -3.53. The average molecular weight is 638 g/mol. The van der Waals surface area contributed by atoms with Crippen molar-refractivity contribution in [1.29, 1.82) is 0 Å². The summed E-state index contributed by atoms with van der Waals surface area (Å²) >= 11 is 14.3. The number of carbonyl (C=O) groups excluding carboxylic acids is 1. The van der Waals surface area contributed by atoms with Crippen LogP contribution in [0.3, 0.4) is 0 Å². The minimum atomic E-state index is -0.207. The molecule has 0 saturated carbocycles. The summed E-state index contributed by atoms with van der Waals surface area (Å²) in [4.78, 5) is 30.9. The van der Waals surface area contributed by atoms with E-state index in [2.05, 4.69) is 19.7 Å². The van der Waals surface area contributed by atoms with Gasteiger partial charge >= 0.3 is 0 Å². The van der Waals surface area contributed by atoms with Gasteiger partial charge in [-0.1, -0.05) is 71.4 Å². The van der Waals surface area contributed by atoms with Gasteiger partial charge in [-0.05, 0) is 42.0 Å². The second-order valence-electron chi connectivity index (χ2n) is 10.5. The number of benzene rings is 3. The van der Waals surface area contributed by atoms with Crippen LogP contribution in [0.1, 0.15) is 15.9 Å². The highest BCUT2D eigenvalue weighted by Gasteiger charge is 2.24. The lowest BCUT2D eigenvalue weighted by Crippen LogP contribution is -2.48. The Kier molecular flexibility index (Phi) is 9.21. The van der Waals surface area contributed by atoms with Gasteiger partial charge in [-0.15, -0.1) is 0 Å². The zero-order valence-corrected chi connectivity index (χ0v) is 25.8. The number of aromatic nitrogens is 2. The molecule has 0 unspecified atom stereocenters. The van der Waals surface area contributed by atoms with Crippen LogP contribution in [0, 0.1) is 5.82 Å². The molecule has 0 spiro atoms. The molecule has 0 bridgehead atoms. The highest BCUT2D eigenvalue weighted by Crippen LogP contribution is 2.28. The van der Waals surface area contributed by atoms with Crippen molar-refractivity contribution in [2.75, 3.05) is 67.1 Å². The number of para-hydroxylation sites is 2. The summed E-state index contributed by atoms with van der Waals surface area (Å²) in [5.41, 5.74) is 3.31. The van der Waals surface area contributed by atoms with E-state index in [0.29, 0.717) is 66.6 Å². The van der Waals surface area contributed by atoms with Crippen molar-refractivity contribution >= 4 is 58.1 Å². The number of rotatable bonds is 7. The largest absolute Gasteiger partial charge is 0.367 e. The molecule has 6 rings (SSSR count). The third-order valence-corrected chi connectivity index (χ3v) is 9.19. The van der Waals surface area contributed by atoms with Gasteiger partial charge in [0.15, 0.2) is 5.16 Å². The molecule has 2 aliphatic rings. The second kappa shape index (κ2) is 13.4. The van der Waals surface area contributed by atoms with Crippen molar-refractivity contribution in [2.24, 2.45) is 0 Å². The van der Waals surface area contributed by atoms with E-state index in [1.807, 2.05) is 65.6 Å². The molecule has 11 heteroatoms. The number of carbonyl (C=O) groups is 1. The number of hydrogen-bond donors (Lipinski definition) is 0. The molecule has 2 fully saturated rings. The Labute approximate surface area is 265 Å². The quantitative estimate of drug-likeness (QED) is 0.130. The molecule has 1 amide bonds. The van der Waals surface area contributed by atoms with E-state index < -0.39 is 0 Å². The first-order valence-electron chi connectivity index (χ1n) is 14.2. The van der Waals surface area contributed by atoms with Crippen LogP contribution >= 0.6 is 35.0 Å². The molecule has 7 nitrogen and oxygen atoms in total. The first-order chi connectivity index (χ1) is 20.9. The summed E-state index contributed by atoms with van der Waals surface area (Å²) in [7, 11) is 0. The van der Waals surface area contributed by atoms with Crippen molar-refractivity contribution in [3.63, 3.8) is 0 Å². The third kappa shape index (κ3) is 7.00. The van der Waals surface area contributed by atoms with E-state index in [4.69, 9.17) is 28.2 Å². The lowest BCUT2D eigenvalue weighted by molar-refractivity contribution is 0.0746. The Balaban J connectivity index is 1.05. The number of thioether (sulfide) groups is 1. The van der Waals surface area contributed by atoms with E-state index in [9.17, 15) is 9.18 Å². The number of anilines is 3. The van der Waals surface area contributed by atoms with Crippen molar-refractivity contribution in [2.45, 2.75) is 10.9 Å². The van der Waals surface area contributed by atoms with E-state index in [1.54, 1.807) is 12.1 Å². The standard InChI is InChI=1S/C32H31Cl2FN6OS/c33-25-8-1-3-10-27(25)38-14-18-41(19-15-38)31(42)24-7-5-6-23(20-24)22-43-32-36-29(34)21-30(37-32)40-16-12-39(13-17-40)28-11-4-2-9-26(28)35/h1-11,20-21H,12-19,22H2. The summed E-state index contributed by atoms with van der Waals surface area (Å²) in [5, 5.41) is 1.68. The van der Waals surface area contributed by atoms with Gasteiger partial charge in [0, 0.05) is 69.7 Å². The zero-order valence-electron chi connectivity index (χ0n) is 23.5. The molecule has 0 atom stereocenters. The minimum absolute atomic E-state index is 0.0291. The molecule has 0 N–H and O–H groups in total. The van der Waals surface area contributed by atoms with E-state index in [1.165, 1.54) is 17.8 Å². The normalized spacial score (nSPS) is 15.6. The summed E-state index contributed by atoms with van der Waals surface area (Å²) < 4.78 is 14.3. The molecule has 3 aromatic carbocycles. The first-order valence-corrected chi connectivity index (χ1v) is 16.0. The fourth-order valence-corrected chi connectivity index (χ4v) is 6.76. The SMILES string of the molecule is O=C(c1cccc(CSc2nc(Cl)cc(N3CCN(c4ccccc4F)CC3)n2)c1)N1CCN(c2ccccc2Cl)CC1. The van der Waals surface area contributed by atoms with E-state index in [0.717, 1.165) is 35.2 Å². The Morgan fingerprint density at radius 3 is 2.14 bits per heavy atom. The maximum absolute atomic E-state index is 14.3. The van der Waals surface area contributed by atoms with Gasteiger partial charge < -0.3 is 19.6 Å². The fraction of sp³-hybridized carbons (Fsp3) is 0.281. The number of piperazine rings is 2. The number of hydrogen-bond acceptors (Lipinski definition) is 7. The van der Waals surface area contributed by atoms with Gasteiger partial charge in [0.1, 0.15) is 16.8 Å². The van der Waals surface area contributed by atoms with Crippen LogP contribution in [0.5, 0.6) is 0 Å². The summed E-state index contributed by atoms with van der Waals surface area (Å²) in [6.45, 7) is 5.50. The lowest BCUT2D eigenvalue weighted by Gasteiger charge is -2.36. The second-order valence-corrected chi connectivity index (χ2v) is 12.2. The van der Waals surface area contributed by atoms with Crippen LogP contribution in [0.2, 0.25) is 10.2 Å². The van der Waals surface area contributed by atoms with Crippen LogP contribution in [0.25, 0.3) is 0 Å². The van der Waals surface area contributed by atoms with Crippen molar-refractivity contribution in [3.8, 4) is 0 Å². The van der Waals surface area contributed by atoms with Crippen LogP contribution < -0.4 is 14.7 Å². The monoisotopic (exact) mass is 636 g/mol. The Bertz CT molecular complexity index is 1590. The predicted molar refractivity (Wildman–Crippen MR) is 173 cm³/mol. The molecule has 43 heavy (non-hydrogen) atoms. The fourth-order valence-electron chi connectivity index (χ4n) is 5.48. The Morgan fingerprint density at radius 2 is 1.40 bits per heavy atom. The molecule has 4 aromatic rings. The molecule has 2 aliphatic heterocycles. The van der Waals surface area contributed by atoms with Crippen LogP contribution in [0.15, 0.2) is 84.0 Å². The Morgan fingerprint density at radius 1 is 0.744 bits per heavy atom. The molecule has 2 saturated heterocycles. The average Bonchev–Trinajstić information content (AvgIpc) is 3.04. The number of amides is 1. The number of halogens is 3. The molecule has 0 radical (unpaired) electrons. The topological polar surface area (TPSA) is 55.8 Å². The smallest absolute Gasteiger partial charge is 0.253 e. The molecule has 1 aromatic heterocycles. The maximum atomic E-state index is 14.3. The molecule has 0 aliphatic carbocycles. The van der Waals surface area contributed by atoms with Gasteiger partial charge in [0.25, 0.3) is 5.91 Å². The van der Waals surface area contributed by atoms with Gasteiger partial charge in [0.2, 0.25) is 0 Å². The van der Waals surface area contributed by atoms with Gasteiger partial charge in [-0.3, -0.25) is 4.79 Å². The summed E-state index contributed by atoms with van der Waals surface area (Å²) in [5.74, 6) is 1.18. The third-order valence-electron chi connectivity index (χ3n) is 7.76. The van der Waals surface area contributed by atoms with Crippen molar-refractivity contribution in [1.82, 2.24) is 14.9 Å². The van der Waals surface area contributed by atoms with E-state index >= 15 is 0 Å². The molecular formula is C32H31Cl2FN6OS. The van der Waals surface area contributed by atoms with Crippen molar-refractivity contribution in [3.05, 3.63) is 106 Å². The van der Waals surface area contributed by atoms with Gasteiger partial charge in [0.05, 0.1) is 16.4 Å². The number of nitrogens with zero attached hydrogens (tertiary/aromatic N) is 6. The lowest BCUT2D eigenvalue weighted by atomic mass is 10.1.